The molecule has 6 heavy (non-hydrogen) atoms. The Morgan fingerprint density at radius 2 is 1.67 bits per heavy atom. The molecule has 0 saturated heterocycles. The molecule has 0 aromatic carbocycles. The van der Waals surface area contributed by atoms with Crippen LogP contribution < -0.4 is 0 Å². The number of hydrogen-bond acceptors (Lipinski definition) is 2. The van der Waals surface area contributed by atoms with Gasteiger partial charge in [-0.2, -0.15) is 0 Å². The van der Waals surface area contributed by atoms with Crippen molar-refractivity contribution in [1.29, 1.82) is 0 Å². The number of hydrogen-bond donors (Lipinski definition) is 2. The van der Waals surface area contributed by atoms with Crippen LogP contribution in [0.4, 0.5) is 0 Å². The molecule has 0 atom stereocenters. The Morgan fingerprint density at radius 1 is 1.50 bits per heavy atom. The zero-order valence-electron chi connectivity index (χ0n) is 3.18. The summed E-state index contributed by atoms with van der Waals surface area (Å²) in [6.45, 7) is 1.70. The van der Waals surface area contributed by atoms with Crippen molar-refractivity contribution in [3.05, 3.63) is 0 Å². The van der Waals surface area contributed by atoms with Crippen LogP contribution in [0.25, 0.3) is 0 Å². The van der Waals surface area contributed by atoms with E-state index in [1.807, 2.05) is 0 Å². The molecular formula is C3H9NaO2. The van der Waals surface area contributed by atoms with E-state index in [-0.39, 0.29) is 29.6 Å². The fourth-order valence-electron chi connectivity index (χ4n) is 0. The first-order valence-electron chi connectivity index (χ1n) is 1.63. The predicted octanol–water partition coefficient (Wildman–Crippen LogP) is -0.941. The summed E-state index contributed by atoms with van der Waals surface area (Å²) in [5.74, 6) is 0. The molecule has 0 aliphatic rings. The molecule has 2 N–H and O–H groups in total. The van der Waals surface area contributed by atoms with Gasteiger partial charge in [0, 0.05) is 0 Å². The van der Waals surface area contributed by atoms with Gasteiger partial charge in [-0.15, -0.1) is 0 Å². The summed E-state index contributed by atoms with van der Waals surface area (Å²) >= 11 is 0. The average molecular weight is 100 g/mol. The van der Waals surface area contributed by atoms with Crippen LogP contribution in [0.2, 0.25) is 0 Å². The van der Waals surface area contributed by atoms with E-state index in [2.05, 4.69) is 0 Å². The second kappa shape index (κ2) is 5.92. The van der Waals surface area contributed by atoms with Gasteiger partial charge in [-0.1, -0.05) is 6.92 Å². The molecule has 0 spiro atoms. The molecule has 2 nitrogen and oxygen atoms in total. The van der Waals surface area contributed by atoms with Crippen molar-refractivity contribution in [2.75, 3.05) is 0 Å². The Morgan fingerprint density at radius 3 is 1.67 bits per heavy atom. The van der Waals surface area contributed by atoms with Gasteiger partial charge >= 0.3 is 29.6 Å². The summed E-state index contributed by atoms with van der Waals surface area (Å²) in [6, 6.07) is 0. The van der Waals surface area contributed by atoms with Crippen molar-refractivity contribution in [1.82, 2.24) is 0 Å². The average Bonchev–Trinajstić information content (AvgIpc) is 1.38. The van der Waals surface area contributed by atoms with E-state index in [0.717, 1.165) is 0 Å². The normalized spacial score (nSPS) is 8.00. The third-order valence-electron chi connectivity index (χ3n) is 0.365. The van der Waals surface area contributed by atoms with Gasteiger partial charge in [0.15, 0.2) is 6.29 Å². The summed E-state index contributed by atoms with van der Waals surface area (Å²) in [5.41, 5.74) is 0. The first-order chi connectivity index (χ1) is 2.27. The Bertz CT molecular complexity index is 22.8. The van der Waals surface area contributed by atoms with E-state index >= 15 is 0 Å². The van der Waals surface area contributed by atoms with E-state index in [4.69, 9.17) is 10.2 Å². The van der Waals surface area contributed by atoms with E-state index in [0.29, 0.717) is 6.42 Å². The van der Waals surface area contributed by atoms with Gasteiger partial charge in [-0.3, -0.25) is 0 Å². The molecule has 0 aromatic rings. The van der Waals surface area contributed by atoms with Crippen molar-refractivity contribution in [3.63, 3.8) is 0 Å². The van der Waals surface area contributed by atoms with E-state index in [9.17, 15) is 0 Å². The fourth-order valence-corrected chi connectivity index (χ4v) is 0. The summed E-state index contributed by atoms with van der Waals surface area (Å²) < 4.78 is 0. The van der Waals surface area contributed by atoms with Gasteiger partial charge in [-0.25, -0.2) is 0 Å². The molecule has 0 fully saturated rings. The molecule has 0 aromatic heterocycles. The molecular weight excluding hydrogens is 91.0 g/mol. The van der Waals surface area contributed by atoms with Crippen LogP contribution in [-0.4, -0.2) is 46.1 Å². The monoisotopic (exact) mass is 100 g/mol. The van der Waals surface area contributed by atoms with Gasteiger partial charge in [-0.05, 0) is 6.42 Å². The van der Waals surface area contributed by atoms with Crippen LogP contribution in [0.3, 0.4) is 0 Å². The Hall–Kier alpha value is 0.920. The third kappa shape index (κ3) is 8.87. The van der Waals surface area contributed by atoms with Gasteiger partial charge in [0.2, 0.25) is 0 Å². The molecule has 0 unspecified atom stereocenters. The van der Waals surface area contributed by atoms with Gasteiger partial charge in [0.05, 0.1) is 0 Å². The van der Waals surface area contributed by atoms with E-state index in [1.54, 1.807) is 6.92 Å². The zero-order chi connectivity index (χ0) is 4.28. The quantitative estimate of drug-likeness (QED) is 0.330. The van der Waals surface area contributed by atoms with Crippen molar-refractivity contribution in [2.24, 2.45) is 0 Å². The second-order valence-electron chi connectivity index (χ2n) is 0.889. The maximum atomic E-state index is 7.92. The first-order valence-corrected chi connectivity index (χ1v) is 1.63. The minimum absolute atomic E-state index is 0. The topological polar surface area (TPSA) is 40.5 Å². The zero-order valence-corrected chi connectivity index (χ0v) is 3.18. The van der Waals surface area contributed by atoms with Crippen molar-refractivity contribution in [3.8, 4) is 0 Å². The van der Waals surface area contributed by atoms with Crippen molar-refractivity contribution in [2.45, 2.75) is 19.6 Å². The number of aliphatic hydroxyl groups excluding tert-OH is 1. The molecule has 34 valence electrons. The number of aliphatic hydroxyl groups is 2. The van der Waals surface area contributed by atoms with Gasteiger partial charge in [0.25, 0.3) is 0 Å². The molecule has 0 radical (unpaired) electrons. The molecule has 0 saturated carbocycles. The van der Waals surface area contributed by atoms with Crippen LogP contribution in [-0.2, 0) is 0 Å². The van der Waals surface area contributed by atoms with E-state index < -0.39 is 6.29 Å². The summed E-state index contributed by atoms with van der Waals surface area (Å²) in [6.07, 6.45) is -0.699. The third-order valence-corrected chi connectivity index (χ3v) is 0.365. The van der Waals surface area contributed by atoms with Gasteiger partial charge in [0.1, 0.15) is 0 Å². The van der Waals surface area contributed by atoms with E-state index in [1.165, 1.54) is 0 Å². The SMILES string of the molecule is CCC(O)O.[NaH]. The standard InChI is InChI=1S/C3H8O2.Na.H/c1-2-3(4)5;;/h3-5H,2H2,1H3;;. The summed E-state index contributed by atoms with van der Waals surface area (Å²) in [4.78, 5) is 0. The molecule has 3 heteroatoms. The van der Waals surface area contributed by atoms with Gasteiger partial charge < -0.3 is 10.2 Å². The minimum atomic E-state index is -1.12. The van der Waals surface area contributed by atoms with Crippen LogP contribution in [0.5, 0.6) is 0 Å². The summed E-state index contributed by atoms with van der Waals surface area (Å²) in [5, 5.41) is 15.8. The molecule has 0 amide bonds. The Labute approximate surface area is 59.5 Å². The summed E-state index contributed by atoms with van der Waals surface area (Å²) in [7, 11) is 0. The Kier molecular flexibility index (Phi) is 9.89. The Balaban J connectivity index is 0. The molecule has 0 rings (SSSR count). The first kappa shape index (κ1) is 10.0. The van der Waals surface area contributed by atoms with Crippen LogP contribution in [0, 0.1) is 0 Å². The maximum absolute atomic E-state index is 7.92. The predicted molar refractivity (Wildman–Crippen MR) is 25.7 cm³/mol. The molecule has 0 heterocycles. The van der Waals surface area contributed by atoms with Crippen LogP contribution in [0.1, 0.15) is 13.3 Å². The molecule has 0 aliphatic carbocycles. The fraction of sp³-hybridized carbons (Fsp3) is 1.00. The van der Waals surface area contributed by atoms with Crippen molar-refractivity contribution < 1.29 is 10.2 Å². The van der Waals surface area contributed by atoms with Crippen LogP contribution >= 0.6 is 0 Å². The number of rotatable bonds is 1. The molecule has 0 aliphatic heterocycles. The van der Waals surface area contributed by atoms with Crippen molar-refractivity contribution >= 4 is 29.6 Å². The van der Waals surface area contributed by atoms with Crippen LogP contribution in [0.15, 0.2) is 0 Å². The second-order valence-corrected chi connectivity index (χ2v) is 0.889. The molecule has 0 bridgehead atoms.